The zero-order valence-electron chi connectivity index (χ0n) is 17.4. The van der Waals surface area contributed by atoms with Gasteiger partial charge in [-0.1, -0.05) is 13.8 Å². The van der Waals surface area contributed by atoms with E-state index in [9.17, 15) is 22.8 Å². The van der Waals surface area contributed by atoms with Gasteiger partial charge in [0.15, 0.2) is 0 Å². The molecule has 1 atom stereocenters. The summed E-state index contributed by atoms with van der Waals surface area (Å²) in [6.45, 7) is 3.88. The summed E-state index contributed by atoms with van der Waals surface area (Å²) >= 11 is 3.43. The molecule has 0 spiro atoms. The van der Waals surface area contributed by atoms with Crippen LogP contribution in [-0.2, 0) is 16.6 Å². The van der Waals surface area contributed by atoms with Crippen molar-refractivity contribution in [3.63, 3.8) is 0 Å². The lowest BCUT2D eigenvalue weighted by Gasteiger charge is -2.30. The number of nitrogens with zero attached hydrogens (tertiary/aromatic N) is 1. The fraction of sp³-hybridized carbons (Fsp3) is 0.632. The molecule has 0 saturated heterocycles. The van der Waals surface area contributed by atoms with Crippen molar-refractivity contribution >= 4 is 27.8 Å². The summed E-state index contributed by atoms with van der Waals surface area (Å²) in [4.78, 5) is 32.7. The van der Waals surface area contributed by atoms with Crippen molar-refractivity contribution in [1.29, 1.82) is 0 Å². The number of alkyl halides is 3. The average Bonchev–Trinajstić information content (AvgIpc) is 2.66. The number of carbonyl (C=O) groups is 2. The third kappa shape index (κ3) is 8.90. The van der Waals surface area contributed by atoms with Gasteiger partial charge in [0.2, 0.25) is 5.91 Å². The highest BCUT2D eigenvalue weighted by atomic mass is 79.9. The Morgan fingerprint density at radius 2 is 1.81 bits per heavy atom. The van der Waals surface area contributed by atoms with E-state index in [2.05, 4.69) is 21.2 Å². The largest absolute Gasteiger partial charge is 0.490 e. The topological polar surface area (TPSA) is 124 Å². The second-order valence-corrected chi connectivity index (χ2v) is 8.46. The molecule has 12 heteroatoms. The Hall–Kier alpha value is -2.08. The number of carboxylic acid groups (broad SMARTS) is 1. The lowest BCUT2D eigenvalue weighted by atomic mass is 9.92. The smallest absolute Gasteiger partial charge is 0.489 e. The van der Waals surface area contributed by atoms with Crippen LogP contribution >= 0.6 is 15.9 Å². The van der Waals surface area contributed by atoms with Gasteiger partial charge in [0.05, 0.1) is 16.6 Å². The predicted octanol–water partition coefficient (Wildman–Crippen LogP) is 2.57. The number of rotatable bonds is 5. The first kappa shape index (κ1) is 27.0. The van der Waals surface area contributed by atoms with Gasteiger partial charge in [-0.2, -0.15) is 13.2 Å². The van der Waals surface area contributed by atoms with E-state index < -0.39 is 18.2 Å². The average molecular weight is 514 g/mol. The highest BCUT2D eigenvalue weighted by Gasteiger charge is 2.38. The molecule has 1 aromatic rings. The van der Waals surface area contributed by atoms with Gasteiger partial charge in [-0.25, -0.2) is 4.79 Å². The first-order valence-corrected chi connectivity index (χ1v) is 10.4. The number of aryl methyl sites for hydroxylation is 1. The number of hydrogen-bond acceptors (Lipinski definition) is 5. The molecule has 0 bridgehead atoms. The molecule has 0 radical (unpaired) electrons. The summed E-state index contributed by atoms with van der Waals surface area (Å²) in [6, 6.07) is 1.18. The number of aromatic nitrogens is 1. The third-order valence-corrected chi connectivity index (χ3v) is 5.32. The van der Waals surface area contributed by atoms with Gasteiger partial charge in [0.25, 0.3) is 5.56 Å². The molecule has 31 heavy (non-hydrogen) atoms. The predicted molar refractivity (Wildman–Crippen MR) is 111 cm³/mol. The van der Waals surface area contributed by atoms with E-state index in [1.807, 2.05) is 13.8 Å². The maximum atomic E-state index is 12.0. The van der Waals surface area contributed by atoms with Crippen LogP contribution < -0.4 is 21.3 Å². The molecule has 1 heterocycles. The third-order valence-electron chi connectivity index (χ3n) is 4.72. The molecule has 2 rings (SSSR count). The molecule has 0 aromatic carbocycles. The van der Waals surface area contributed by atoms with Crippen LogP contribution in [0.25, 0.3) is 0 Å². The molecule has 0 aliphatic heterocycles. The summed E-state index contributed by atoms with van der Waals surface area (Å²) in [5.41, 5.74) is 5.78. The van der Waals surface area contributed by atoms with Crippen LogP contribution in [0.5, 0.6) is 5.75 Å². The number of halogens is 4. The van der Waals surface area contributed by atoms with Gasteiger partial charge < -0.3 is 25.5 Å². The Labute approximate surface area is 186 Å². The number of hydrogen-bond donors (Lipinski definition) is 3. The molecule has 1 saturated carbocycles. The molecule has 8 nitrogen and oxygen atoms in total. The van der Waals surface area contributed by atoms with Gasteiger partial charge >= 0.3 is 12.1 Å². The lowest BCUT2D eigenvalue weighted by molar-refractivity contribution is -0.192. The Balaban J connectivity index is 0.000000592. The van der Waals surface area contributed by atoms with E-state index >= 15 is 0 Å². The number of carbonyl (C=O) groups excluding carboxylic acids is 1. The molecule has 176 valence electrons. The van der Waals surface area contributed by atoms with E-state index in [4.69, 9.17) is 20.4 Å². The van der Waals surface area contributed by atoms with Crippen molar-refractivity contribution in [3.05, 3.63) is 27.1 Å². The van der Waals surface area contributed by atoms with Crippen LogP contribution in [0.3, 0.4) is 0 Å². The van der Waals surface area contributed by atoms with E-state index in [1.54, 1.807) is 13.2 Å². The van der Waals surface area contributed by atoms with Crippen LogP contribution in [0, 0.1) is 5.92 Å². The summed E-state index contributed by atoms with van der Waals surface area (Å²) in [7, 11) is 1.70. The van der Waals surface area contributed by atoms with Gasteiger partial charge in [-0.3, -0.25) is 9.59 Å². The summed E-state index contributed by atoms with van der Waals surface area (Å²) in [5.74, 6) is -2.13. The van der Waals surface area contributed by atoms with Crippen LogP contribution in [-0.4, -0.2) is 45.9 Å². The van der Waals surface area contributed by atoms with E-state index in [-0.39, 0.29) is 29.5 Å². The Morgan fingerprint density at radius 1 is 1.29 bits per heavy atom. The number of nitrogens with one attached hydrogen (secondary N) is 1. The highest BCUT2D eigenvalue weighted by molar-refractivity contribution is 9.10. The highest BCUT2D eigenvalue weighted by Crippen LogP contribution is 2.28. The zero-order chi connectivity index (χ0) is 23.9. The van der Waals surface area contributed by atoms with Crippen LogP contribution in [0.2, 0.25) is 0 Å². The molecule has 1 aliphatic carbocycles. The van der Waals surface area contributed by atoms with Crippen molar-refractivity contribution < 1.29 is 32.6 Å². The number of aliphatic carboxylic acids is 1. The molecule has 1 unspecified atom stereocenters. The lowest BCUT2D eigenvalue weighted by Crippen LogP contribution is -2.49. The van der Waals surface area contributed by atoms with E-state index in [0.717, 1.165) is 30.2 Å². The molecule has 1 aromatic heterocycles. The Bertz CT molecular complexity index is 821. The molecule has 1 amide bonds. The molecule has 4 N–H and O–H groups in total. The fourth-order valence-corrected chi connectivity index (χ4v) is 3.29. The molecule has 1 fully saturated rings. The first-order valence-electron chi connectivity index (χ1n) is 9.61. The number of pyridine rings is 1. The minimum Gasteiger partial charge on any atom is -0.489 e. The number of ether oxygens (including phenoxy) is 1. The maximum Gasteiger partial charge on any atom is 0.490 e. The maximum absolute atomic E-state index is 12.0. The minimum absolute atomic E-state index is 0.0559. The standard InChI is InChI=1S/C17H26BrN3O3.C2HF3O2/c1-10(2)16(19)17(23)20-11-4-6-12(7-5-11)24-14-8-15(22)21(3)9-13(14)18;3-2(4,5)1(6)7/h8-12,16H,4-7,19H2,1-3H3,(H,20,23);(H,6,7). The summed E-state index contributed by atoms with van der Waals surface area (Å²) in [6.07, 6.45) is 0.0531. The van der Waals surface area contributed by atoms with Gasteiger partial charge in [0.1, 0.15) is 5.75 Å². The first-order chi connectivity index (χ1) is 14.2. The quantitative estimate of drug-likeness (QED) is 0.555. The SMILES string of the molecule is CC(C)C(N)C(=O)NC1CCC(Oc2cc(=O)n(C)cc2Br)CC1.O=C(O)C(F)(F)F. The van der Waals surface area contributed by atoms with Crippen molar-refractivity contribution in [2.45, 2.75) is 63.9 Å². The normalized spacial score (nSPS) is 19.8. The fourth-order valence-electron chi connectivity index (χ4n) is 2.78. The van der Waals surface area contributed by atoms with Crippen molar-refractivity contribution in [2.24, 2.45) is 18.7 Å². The van der Waals surface area contributed by atoms with Crippen LogP contribution in [0.1, 0.15) is 39.5 Å². The molecular formula is C19H27BrF3N3O5. The van der Waals surface area contributed by atoms with Crippen LogP contribution in [0.4, 0.5) is 13.2 Å². The minimum atomic E-state index is -5.08. The second-order valence-electron chi connectivity index (χ2n) is 7.61. The Kier molecular flexibility index (Phi) is 10.0. The zero-order valence-corrected chi connectivity index (χ0v) is 19.0. The van der Waals surface area contributed by atoms with Crippen LogP contribution in [0.15, 0.2) is 21.5 Å². The summed E-state index contributed by atoms with van der Waals surface area (Å²) in [5, 5.41) is 10.2. The van der Waals surface area contributed by atoms with Crippen molar-refractivity contribution in [1.82, 2.24) is 9.88 Å². The second kappa shape index (κ2) is 11.5. The molecular weight excluding hydrogens is 487 g/mol. The summed E-state index contributed by atoms with van der Waals surface area (Å²) < 4.78 is 40.0. The number of carboxylic acids is 1. The Morgan fingerprint density at radius 3 is 2.26 bits per heavy atom. The van der Waals surface area contributed by atoms with E-state index in [0.29, 0.717) is 5.75 Å². The van der Waals surface area contributed by atoms with Gasteiger partial charge in [-0.05, 0) is 47.5 Å². The number of nitrogens with two attached hydrogens (primary N) is 1. The van der Waals surface area contributed by atoms with Crippen molar-refractivity contribution in [2.75, 3.05) is 0 Å². The number of amides is 1. The molecule has 1 aliphatic rings. The van der Waals surface area contributed by atoms with E-state index in [1.165, 1.54) is 10.6 Å². The van der Waals surface area contributed by atoms with Gasteiger partial charge in [0, 0.05) is 25.4 Å². The monoisotopic (exact) mass is 513 g/mol. The van der Waals surface area contributed by atoms with Gasteiger partial charge in [-0.15, -0.1) is 0 Å². The van der Waals surface area contributed by atoms with Crippen molar-refractivity contribution in [3.8, 4) is 5.75 Å².